The number of carbonyl (C=O) groups excluding carboxylic acids is 2. The average molecular weight is 465 g/mol. The van der Waals surface area contributed by atoms with Crippen LogP contribution >= 0.6 is 0 Å². The Kier molecular flexibility index (Phi) is 7.20. The number of rotatable bonds is 10. The van der Waals surface area contributed by atoms with E-state index < -0.39 is 30.1 Å². The van der Waals surface area contributed by atoms with Crippen LogP contribution in [0.1, 0.15) is 56.6 Å². The minimum Gasteiger partial charge on any atom is -0.480 e. The summed E-state index contributed by atoms with van der Waals surface area (Å²) in [5, 5.41) is 14.8. The number of carboxylic acid groups (broad SMARTS) is 1. The molecule has 0 spiro atoms. The van der Waals surface area contributed by atoms with Crippen molar-refractivity contribution in [3.63, 3.8) is 0 Å². The van der Waals surface area contributed by atoms with Crippen molar-refractivity contribution in [1.29, 1.82) is 0 Å². The number of nitrogens with one attached hydrogen (secondary N) is 2. The van der Waals surface area contributed by atoms with E-state index in [4.69, 9.17) is 4.74 Å². The molecule has 7 heteroatoms. The second-order valence-electron chi connectivity index (χ2n) is 9.41. The van der Waals surface area contributed by atoms with Crippen molar-refractivity contribution in [2.75, 3.05) is 6.61 Å². The van der Waals surface area contributed by atoms with Crippen LogP contribution in [0.25, 0.3) is 11.1 Å². The summed E-state index contributed by atoms with van der Waals surface area (Å²) in [6, 6.07) is 14.4. The SMILES string of the molecule is CC[C@H](C)[C@H](NC(=O)[C@H](CC1CC1)NC(=O)OCC1c2ccccc2-c2ccccc21)C(=O)O. The molecule has 3 N–H and O–H groups in total. The van der Waals surface area contributed by atoms with Crippen LogP contribution in [0.4, 0.5) is 4.79 Å². The van der Waals surface area contributed by atoms with Crippen molar-refractivity contribution in [2.45, 2.75) is 57.5 Å². The van der Waals surface area contributed by atoms with Gasteiger partial charge < -0.3 is 20.5 Å². The number of aliphatic carboxylic acids is 1. The van der Waals surface area contributed by atoms with Gasteiger partial charge >= 0.3 is 12.1 Å². The number of carbonyl (C=O) groups is 3. The van der Waals surface area contributed by atoms with E-state index in [9.17, 15) is 19.5 Å². The molecule has 1 fully saturated rings. The van der Waals surface area contributed by atoms with Gasteiger partial charge in [-0.3, -0.25) is 4.79 Å². The average Bonchev–Trinajstić information content (AvgIpc) is 3.60. The molecule has 180 valence electrons. The van der Waals surface area contributed by atoms with Crippen LogP contribution in [-0.2, 0) is 14.3 Å². The van der Waals surface area contributed by atoms with Gasteiger partial charge in [0.2, 0.25) is 5.91 Å². The highest BCUT2D eigenvalue weighted by Gasteiger charge is 2.35. The van der Waals surface area contributed by atoms with Crippen molar-refractivity contribution in [2.24, 2.45) is 11.8 Å². The van der Waals surface area contributed by atoms with Crippen LogP contribution in [0.2, 0.25) is 0 Å². The van der Waals surface area contributed by atoms with Gasteiger partial charge in [-0.15, -0.1) is 0 Å². The zero-order valence-corrected chi connectivity index (χ0v) is 19.6. The zero-order valence-electron chi connectivity index (χ0n) is 19.6. The number of benzene rings is 2. The predicted molar refractivity (Wildman–Crippen MR) is 128 cm³/mol. The van der Waals surface area contributed by atoms with Gasteiger partial charge in [-0.25, -0.2) is 9.59 Å². The van der Waals surface area contributed by atoms with Crippen molar-refractivity contribution in [3.8, 4) is 11.1 Å². The largest absolute Gasteiger partial charge is 0.480 e. The molecule has 2 amide bonds. The second kappa shape index (κ2) is 10.3. The molecule has 2 aromatic rings. The lowest BCUT2D eigenvalue weighted by Gasteiger charge is -2.24. The molecule has 1 saturated carbocycles. The van der Waals surface area contributed by atoms with Gasteiger partial charge in [0.1, 0.15) is 18.7 Å². The van der Waals surface area contributed by atoms with Gasteiger partial charge in [-0.1, -0.05) is 81.6 Å². The summed E-state index contributed by atoms with van der Waals surface area (Å²) in [6.45, 7) is 3.82. The van der Waals surface area contributed by atoms with E-state index in [1.165, 1.54) is 0 Å². The summed E-state index contributed by atoms with van der Waals surface area (Å²) in [6.07, 6.45) is 2.43. The Labute approximate surface area is 199 Å². The maximum Gasteiger partial charge on any atom is 0.407 e. The lowest BCUT2D eigenvalue weighted by molar-refractivity contribution is -0.143. The van der Waals surface area contributed by atoms with Crippen molar-refractivity contribution in [3.05, 3.63) is 59.7 Å². The number of carboxylic acids is 1. The smallest absolute Gasteiger partial charge is 0.407 e. The van der Waals surface area contributed by atoms with Crippen molar-refractivity contribution >= 4 is 18.0 Å². The Morgan fingerprint density at radius 3 is 2.12 bits per heavy atom. The molecular weight excluding hydrogens is 432 g/mol. The highest BCUT2D eigenvalue weighted by atomic mass is 16.5. The van der Waals surface area contributed by atoms with Gasteiger partial charge in [0.05, 0.1) is 0 Å². The second-order valence-corrected chi connectivity index (χ2v) is 9.41. The molecule has 0 heterocycles. The zero-order chi connectivity index (χ0) is 24.2. The van der Waals surface area contributed by atoms with E-state index in [0.717, 1.165) is 35.1 Å². The van der Waals surface area contributed by atoms with Gasteiger partial charge in [0.25, 0.3) is 0 Å². The van der Waals surface area contributed by atoms with Crippen LogP contribution in [-0.4, -0.2) is 41.8 Å². The first-order chi connectivity index (χ1) is 16.4. The summed E-state index contributed by atoms with van der Waals surface area (Å²) < 4.78 is 5.60. The number of fused-ring (bicyclic) bond motifs is 3. The number of ether oxygens (including phenoxy) is 1. The number of amides is 2. The normalized spacial score (nSPS) is 17.1. The van der Waals surface area contributed by atoms with E-state index in [-0.39, 0.29) is 18.4 Å². The Hall–Kier alpha value is -3.35. The Morgan fingerprint density at radius 1 is 1.00 bits per heavy atom. The number of alkyl carbamates (subject to hydrolysis) is 1. The summed E-state index contributed by atoms with van der Waals surface area (Å²) in [4.78, 5) is 37.3. The fraction of sp³-hybridized carbons (Fsp3) is 0.444. The molecule has 0 radical (unpaired) electrons. The minimum atomic E-state index is -1.07. The summed E-state index contributed by atoms with van der Waals surface area (Å²) >= 11 is 0. The Bertz CT molecular complexity index is 1020. The predicted octanol–water partition coefficient (Wildman–Crippen LogP) is 4.31. The lowest BCUT2D eigenvalue weighted by atomic mass is 9.98. The van der Waals surface area contributed by atoms with Crippen molar-refractivity contribution < 1.29 is 24.2 Å². The molecule has 2 aliphatic carbocycles. The molecule has 3 atom stereocenters. The van der Waals surface area contributed by atoms with Crippen LogP contribution in [0.5, 0.6) is 0 Å². The van der Waals surface area contributed by atoms with Gasteiger partial charge in [-0.05, 0) is 40.5 Å². The molecule has 0 saturated heterocycles. The summed E-state index contributed by atoms with van der Waals surface area (Å²) in [5.74, 6) is -1.49. The van der Waals surface area contributed by atoms with Crippen LogP contribution in [0.15, 0.2) is 48.5 Å². The molecule has 0 unspecified atom stereocenters. The van der Waals surface area contributed by atoms with Gasteiger partial charge in [0.15, 0.2) is 0 Å². The first-order valence-corrected chi connectivity index (χ1v) is 12.0. The van der Waals surface area contributed by atoms with Crippen LogP contribution in [0.3, 0.4) is 0 Å². The fourth-order valence-electron chi connectivity index (χ4n) is 4.64. The third-order valence-electron chi connectivity index (χ3n) is 7.00. The highest BCUT2D eigenvalue weighted by Crippen LogP contribution is 2.44. The monoisotopic (exact) mass is 464 g/mol. The minimum absolute atomic E-state index is 0.0735. The number of hydrogen-bond acceptors (Lipinski definition) is 4. The molecule has 0 aliphatic heterocycles. The Balaban J connectivity index is 1.41. The first kappa shape index (κ1) is 23.8. The van der Waals surface area contributed by atoms with Crippen LogP contribution < -0.4 is 10.6 Å². The molecule has 2 aromatic carbocycles. The summed E-state index contributed by atoms with van der Waals surface area (Å²) in [5.41, 5.74) is 4.51. The summed E-state index contributed by atoms with van der Waals surface area (Å²) in [7, 11) is 0. The van der Waals surface area contributed by atoms with E-state index in [0.29, 0.717) is 18.8 Å². The number of hydrogen-bond donors (Lipinski definition) is 3. The molecule has 0 aromatic heterocycles. The molecule has 2 aliphatic rings. The molecule has 7 nitrogen and oxygen atoms in total. The maximum absolute atomic E-state index is 12.9. The van der Waals surface area contributed by atoms with E-state index >= 15 is 0 Å². The maximum atomic E-state index is 12.9. The quantitative estimate of drug-likeness (QED) is 0.486. The van der Waals surface area contributed by atoms with E-state index in [2.05, 4.69) is 22.8 Å². The first-order valence-electron chi connectivity index (χ1n) is 12.0. The Morgan fingerprint density at radius 2 is 1.59 bits per heavy atom. The van der Waals surface area contributed by atoms with Crippen LogP contribution in [0, 0.1) is 11.8 Å². The van der Waals surface area contributed by atoms with Gasteiger partial charge in [-0.2, -0.15) is 0 Å². The van der Waals surface area contributed by atoms with Crippen molar-refractivity contribution in [1.82, 2.24) is 10.6 Å². The third-order valence-corrected chi connectivity index (χ3v) is 7.00. The van der Waals surface area contributed by atoms with E-state index in [1.54, 1.807) is 6.92 Å². The fourth-order valence-corrected chi connectivity index (χ4v) is 4.64. The standard InChI is InChI=1S/C27H32N2O5/c1-3-16(2)24(26(31)32)29-25(30)23(14-17-12-13-17)28-27(33)34-15-22-20-10-6-4-8-18(20)19-9-5-7-11-21(19)22/h4-11,16-17,22-24H,3,12-15H2,1-2H3,(H,28,33)(H,29,30)(H,31,32)/t16-,23-,24-/m0/s1. The molecular formula is C27H32N2O5. The molecule has 0 bridgehead atoms. The third kappa shape index (κ3) is 5.24. The lowest BCUT2D eigenvalue weighted by Crippen LogP contribution is -2.53. The van der Waals surface area contributed by atoms with Gasteiger partial charge in [0, 0.05) is 5.92 Å². The highest BCUT2D eigenvalue weighted by molar-refractivity contribution is 5.89. The molecule has 4 rings (SSSR count). The van der Waals surface area contributed by atoms with E-state index in [1.807, 2.05) is 43.3 Å². The molecule has 34 heavy (non-hydrogen) atoms. The topological polar surface area (TPSA) is 105 Å².